The molecular formula is C20H14ClN5OS. The third-order valence-corrected chi connectivity index (χ3v) is 5.33. The first kappa shape index (κ1) is 18.2. The maximum absolute atomic E-state index is 8.90. The lowest BCUT2D eigenvalue weighted by molar-refractivity contribution is 0.462. The number of thiophene rings is 1. The Morgan fingerprint density at radius 1 is 1.14 bits per heavy atom. The topological polar surface area (TPSA) is 83.7 Å². The van der Waals surface area contributed by atoms with E-state index in [4.69, 9.17) is 21.6 Å². The molecule has 3 aromatic heterocycles. The van der Waals surface area contributed by atoms with Crippen LogP contribution in [0.1, 0.15) is 11.3 Å². The molecule has 138 valence electrons. The van der Waals surface area contributed by atoms with E-state index in [1.165, 1.54) is 11.3 Å². The average Bonchev–Trinajstić information content (AvgIpc) is 3.11. The summed E-state index contributed by atoms with van der Waals surface area (Å²) in [6.07, 6.45) is 2.36. The molecular weight excluding hydrogens is 394 g/mol. The van der Waals surface area contributed by atoms with Crippen LogP contribution in [0.4, 0.5) is 5.82 Å². The van der Waals surface area contributed by atoms with Gasteiger partial charge in [-0.3, -0.25) is 0 Å². The van der Waals surface area contributed by atoms with Crippen molar-refractivity contribution in [2.75, 3.05) is 11.9 Å². The van der Waals surface area contributed by atoms with Crippen molar-refractivity contribution in [2.24, 2.45) is 0 Å². The van der Waals surface area contributed by atoms with Crippen molar-refractivity contribution in [1.82, 2.24) is 15.0 Å². The molecule has 8 heteroatoms. The molecule has 0 unspecified atom stereocenters. The van der Waals surface area contributed by atoms with Crippen LogP contribution in [0.5, 0.6) is 11.6 Å². The normalized spacial score (nSPS) is 10.6. The molecule has 4 rings (SSSR count). The first-order valence-electron chi connectivity index (χ1n) is 8.48. The van der Waals surface area contributed by atoms with Gasteiger partial charge in [-0.2, -0.15) is 5.26 Å². The highest BCUT2D eigenvalue weighted by Gasteiger charge is 2.09. The van der Waals surface area contributed by atoms with Gasteiger partial charge in [0, 0.05) is 18.0 Å². The van der Waals surface area contributed by atoms with Crippen LogP contribution in [-0.2, 0) is 6.42 Å². The average molecular weight is 408 g/mol. The first-order chi connectivity index (χ1) is 13.7. The molecule has 0 aliphatic carbocycles. The Morgan fingerprint density at radius 3 is 2.82 bits per heavy atom. The molecule has 0 aliphatic heterocycles. The zero-order valence-electron chi connectivity index (χ0n) is 14.6. The largest absolute Gasteiger partial charge is 0.439 e. The number of hydrogen-bond donors (Lipinski definition) is 1. The van der Waals surface area contributed by atoms with Crippen LogP contribution in [0, 0.1) is 11.3 Å². The van der Waals surface area contributed by atoms with Gasteiger partial charge in [0.15, 0.2) is 0 Å². The van der Waals surface area contributed by atoms with E-state index >= 15 is 0 Å². The summed E-state index contributed by atoms with van der Waals surface area (Å²) in [4.78, 5) is 13.5. The number of anilines is 1. The summed E-state index contributed by atoms with van der Waals surface area (Å²) in [7, 11) is 0. The predicted molar refractivity (Wildman–Crippen MR) is 110 cm³/mol. The second-order valence-electron chi connectivity index (χ2n) is 5.88. The summed E-state index contributed by atoms with van der Waals surface area (Å²) in [5.41, 5.74) is 1.48. The maximum atomic E-state index is 8.90. The summed E-state index contributed by atoms with van der Waals surface area (Å²) < 4.78 is 5.69. The molecule has 0 bridgehead atoms. The highest BCUT2D eigenvalue weighted by molar-refractivity contribution is 7.17. The van der Waals surface area contributed by atoms with Crippen LogP contribution in [0.15, 0.2) is 54.2 Å². The van der Waals surface area contributed by atoms with E-state index in [0.717, 1.165) is 28.0 Å². The minimum absolute atomic E-state index is 0.324. The predicted octanol–water partition coefficient (Wildman–Crippen LogP) is 5.06. The maximum Gasteiger partial charge on any atom is 0.220 e. The van der Waals surface area contributed by atoms with Crippen LogP contribution < -0.4 is 10.1 Å². The fraction of sp³-hybridized carbons (Fsp3) is 0.100. The lowest BCUT2D eigenvalue weighted by Crippen LogP contribution is -2.06. The molecule has 0 atom stereocenters. The lowest BCUT2D eigenvalue weighted by atomic mass is 10.1. The van der Waals surface area contributed by atoms with Crippen LogP contribution in [-0.4, -0.2) is 21.5 Å². The molecule has 0 spiro atoms. The lowest BCUT2D eigenvalue weighted by Gasteiger charge is -2.08. The molecule has 0 fully saturated rings. The highest BCUT2D eigenvalue weighted by Crippen LogP contribution is 2.32. The molecule has 4 aromatic rings. The number of ether oxygens (including phenoxy) is 1. The highest BCUT2D eigenvalue weighted by atomic mass is 35.5. The number of rotatable bonds is 6. The fourth-order valence-corrected chi connectivity index (χ4v) is 3.81. The summed E-state index contributed by atoms with van der Waals surface area (Å²) in [5, 5.41) is 15.6. The third kappa shape index (κ3) is 4.03. The zero-order chi connectivity index (χ0) is 19.3. The standard InChI is InChI=1S/C20H14ClN5OS/c21-16-11-28-20-18(16)19(24-12-25-20)23-9-8-13-4-6-15(7-5-13)27-17-3-1-2-14(10-22)26-17/h1-7,11-12H,8-9H2,(H,23,24,25). The number of nitrogens with zero attached hydrogens (tertiary/aromatic N) is 4. The summed E-state index contributed by atoms with van der Waals surface area (Å²) in [6, 6.07) is 14.9. The molecule has 0 amide bonds. The van der Waals surface area contributed by atoms with Crippen LogP contribution in [0.25, 0.3) is 10.2 Å². The first-order valence-corrected chi connectivity index (χ1v) is 9.74. The van der Waals surface area contributed by atoms with E-state index in [-0.39, 0.29) is 0 Å². The van der Waals surface area contributed by atoms with E-state index in [9.17, 15) is 0 Å². The molecule has 6 nitrogen and oxygen atoms in total. The molecule has 0 saturated carbocycles. The number of nitriles is 1. The number of nitrogens with one attached hydrogen (secondary N) is 1. The number of aromatic nitrogens is 3. The number of fused-ring (bicyclic) bond motifs is 1. The van der Waals surface area contributed by atoms with Gasteiger partial charge in [-0.05, 0) is 30.2 Å². The van der Waals surface area contributed by atoms with Gasteiger partial charge in [0.2, 0.25) is 5.88 Å². The fourth-order valence-electron chi connectivity index (χ4n) is 2.68. The van der Waals surface area contributed by atoms with Gasteiger partial charge in [-0.25, -0.2) is 15.0 Å². The second-order valence-corrected chi connectivity index (χ2v) is 7.15. The van der Waals surface area contributed by atoms with Gasteiger partial charge in [-0.1, -0.05) is 29.8 Å². The Bertz CT molecular complexity index is 1150. The monoisotopic (exact) mass is 407 g/mol. The molecule has 0 radical (unpaired) electrons. The van der Waals surface area contributed by atoms with Crippen molar-refractivity contribution in [1.29, 1.82) is 5.26 Å². The third-order valence-electron chi connectivity index (χ3n) is 4.02. The minimum atomic E-state index is 0.324. The van der Waals surface area contributed by atoms with Crippen molar-refractivity contribution in [3.05, 3.63) is 70.5 Å². The van der Waals surface area contributed by atoms with Gasteiger partial charge < -0.3 is 10.1 Å². The number of benzene rings is 1. The molecule has 1 aromatic carbocycles. The minimum Gasteiger partial charge on any atom is -0.439 e. The van der Waals surface area contributed by atoms with Gasteiger partial charge in [0.25, 0.3) is 0 Å². The Hall–Kier alpha value is -3.21. The van der Waals surface area contributed by atoms with E-state index < -0.39 is 0 Å². The van der Waals surface area contributed by atoms with Crippen LogP contribution in [0.3, 0.4) is 0 Å². The molecule has 0 aliphatic rings. The van der Waals surface area contributed by atoms with Gasteiger partial charge in [-0.15, -0.1) is 11.3 Å². The van der Waals surface area contributed by atoms with Crippen molar-refractivity contribution in [3.8, 4) is 17.7 Å². The van der Waals surface area contributed by atoms with Crippen molar-refractivity contribution < 1.29 is 4.74 Å². The van der Waals surface area contributed by atoms with E-state index in [2.05, 4.69) is 20.3 Å². The van der Waals surface area contributed by atoms with E-state index in [1.54, 1.807) is 24.5 Å². The van der Waals surface area contributed by atoms with Gasteiger partial charge in [0.1, 0.15) is 34.5 Å². The van der Waals surface area contributed by atoms with Crippen molar-refractivity contribution in [2.45, 2.75) is 6.42 Å². The molecule has 0 saturated heterocycles. The molecule has 1 N–H and O–H groups in total. The smallest absolute Gasteiger partial charge is 0.220 e. The van der Waals surface area contributed by atoms with Crippen LogP contribution >= 0.6 is 22.9 Å². The number of pyridine rings is 1. The summed E-state index contributed by atoms with van der Waals surface area (Å²) in [5.74, 6) is 1.82. The van der Waals surface area contributed by atoms with Crippen molar-refractivity contribution in [3.63, 3.8) is 0 Å². The van der Waals surface area contributed by atoms with Gasteiger partial charge >= 0.3 is 0 Å². The SMILES string of the molecule is N#Cc1cccc(Oc2ccc(CCNc3ncnc4scc(Cl)c34)cc2)n1. The number of hydrogen-bond acceptors (Lipinski definition) is 7. The quantitative estimate of drug-likeness (QED) is 0.481. The van der Waals surface area contributed by atoms with E-state index in [1.807, 2.05) is 35.7 Å². The number of halogens is 1. The summed E-state index contributed by atoms with van der Waals surface area (Å²) >= 11 is 7.73. The van der Waals surface area contributed by atoms with Gasteiger partial charge in [0.05, 0.1) is 10.4 Å². The Morgan fingerprint density at radius 2 is 2.00 bits per heavy atom. The summed E-state index contributed by atoms with van der Waals surface area (Å²) in [6.45, 7) is 0.713. The molecule has 3 heterocycles. The Kier molecular flexibility index (Phi) is 5.33. The van der Waals surface area contributed by atoms with Crippen LogP contribution in [0.2, 0.25) is 5.02 Å². The van der Waals surface area contributed by atoms with Crippen molar-refractivity contribution >= 4 is 39.0 Å². The second kappa shape index (κ2) is 8.21. The zero-order valence-corrected chi connectivity index (χ0v) is 16.2. The van der Waals surface area contributed by atoms with E-state index in [0.29, 0.717) is 28.9 Å². The Labute approximate surface area is 170 Å². The Balaban J connectivity index is 1.37. The molecule has 28 heavy (non-hydrogen) atoms.